The van der Waals surface area contributed by atoms with Gasteiger partial charge in [-0.2, -0.15) is 5.10 Å². The molecule has 6 heteroatoms. The zero-order valence-electron chi connectivity index (χ0n) is 21.7. The van der Waals surface area contributed by atoms with Crippen molar-refractivity contribution in [1.29, 1.82) is 0 Å². The summed E-state index contributed by atoms with van der Waals surface area (Å²) in [5.74, 6) is 1.95. The second-order valence-corrected chi connectivity index (χ2v) is 10.3. The molecule has 2 aliphatic heterocycles. The van der Waals surface area contributed by atoms with Crippen molar-refractivity contribution < 1.29 is 14.3 Å². The molecule has 0 unspecified atom stereocenters. The van der Waals surface area contributed by atoms with Crippen molar-refractivity contribution in [3.05, 3.63) is 57.9 Å². The smallest absolute Gasteiger partial charge is 0.245 e. The van der Waals surface area contributed by atoms with E-state index in [-0.39, 0.29) is 11.9 Å². The summed E-state index contributed by atoms with van der Waals surface area (Å²) >= 11 is 0. The predicted molar refractivity (Wildman–Crippen MR) is 137 cm³/mol. The average molecular weight is 478 g/mol. The minimum absolute atomic E-state index is 0.0598. The fourth-order valence-corrected chi connectivity index (χ4v) is 6.26. The first-order valence-corrected chi connectivity index (χ1v) is 13.3. The first kappa shape index (κ1) is 24.1. The topological polar surface area (TPSA) is 56.6 Å². The summed E-state index contributed by atoms with van der Waals surface area (Å²) < 4.78 is 13.5. The molecule has 3 aliphatic rings. The molecule has 1 aromatic carbocycles. The molecule has 6 nitrogen and oxygen atoms in total. The number of rotatable bonds is 6. The van der Waals surface area contributed by atoms with Crippen molar-refractivity contribution in [3.63, 3.8) is 0 Å². The second kappa shape index (κ2) is 10.2. The van der Waals surface area contributed by atoms with Gasteiger partial charge in [0.2, 0.25) is 5.91 Å². The van der Waals surface area contributed by atoms with Crippen molar-refractivity contribution in [2.24, 2.45) is 5.92 Å². The summed E-state index contributed by atoms with van der Waals surface area (Å²) in [6.45, 7) is 11.7. The summed E-state index contributed by atoms with van der Waals surface area (Å²) in [6, 6.07) is 6.19. The van der Waals surface area contributed by atoms with Crippen LogP contribution in [0.5, 0.6) is 5.75 Å². The van der Waals surface area contributed by atoms with Crippen LogP contribution in [-0.2, 0) is 22.5 Å². The Balaban J connectivity index is 1.46. The maximum atomic E-state index is 13.9. The van der Waals surface area contributed by atoms with E-state index >= 15 is 0 Å². The predicted octanol–water partition coefficient (Wildman–Crippen LogP) is 5.27. The maximum absolute atomic E-state index is 13.9. The van der Waals surface area contributed by atoms with E-state index in [4.69, 9.17) is 14.6 Å². The van der Waals surface area contributed by atoms with Crippen molar-refractivity contribution in [3.8, 4) is 5.75 Å². The number of ether oxygens (including phenoxy) is 2. The van der Waals surface area contributed by atoms with Gasteiger partial charge in [-0.25, -0.2) is 0 Å². The Morgan fingerprint density at radius 3 is 2.74 bits per heavy atom. The van der Waals surface area contributed by atoms with Crippen LogP contribution in [0.15, 0.2) is 29.8 Å². The SMILES string of the molecule is CCOc1cccc([C@@H]2C(C3CCOCC3)=CCN2C(=O)Cn2nc3c(c2C)CCC[C@@H]3C)c1C. The first-order chi connectivity index (χ1) is 17.0. The van der Waals surface area contributed by atoms with Crippen molar-refractivity contribution in [2.75, 3.05) is 26.4 Å². The van der Waals surface area contributed by atoms with Crippen LogP contribution in [-0.4, -0.2) is 47.0 Å². The van der Waals surface area contributed by atoms with E-state index in [9.17, 15) is 4.79 Å². The molecule has 188 valence electrons. The number of carbonyl (C=O) groups excluding carboxylic acids is 1. The number of hydrogen-bond acceptors (Lipinski definition) is 4. The molecule has 0 saturated carbocycles. The summed E-state index contributed by atoms with van der Waals surface area (Å²) in [6.07, 6.45) is 7.78. The van der Waals surface area contributed by atoms with Gasteiger partial charge in [-0.3, -0.25) is 9.48 Å². The van der Waals surface area contributed by atoms with Crippen LogP contribution in [0, 0.1) is 19.8 Å². The lowest BCUT2D eigenvalue weighted by molar-refractivity contribution is -0.132. The molecule has 1 saturated heterocycles. The van der Waals surface area contributed by atoms with Gasteiger partial charge in [0, 0.05) is 31.4 Å². The maximum Gasteiger partial charge on any atom is 0.245 e. The summed E-state index contributed by atoms with van der Waals surface area (Å²) in [7, 11) is 0. The summed E-state index contributed by atoms with van der Waals surface area (Å²) in [5.41, 5.74) is 7.36. The molecule has 2 aromatic rings. The van der Waals surface area contributed by atoms with Gasteiger partial charge in [-0.15, -0.1) is 0 Å². The highest BCUT2D eigenvalue weighted by Crippen LogP contribution is 2.43. The number of benzene rings is 1. The van der Waals surface area contributed by atoms with Gasteiger partial charge in [-0.1, -0.05) is 25.1 Å². The average Bonchev–Trinajstić information content (AvgIpc) is 3.44. The molecule has 5 rings (SSSR count). The van der Waals surface area contributed by atoms with Gasteiger partial charge in [0.1, 0.15) is 12.3 Å². The van der Waals surface area contributed by atoms with Crippen LogP contribution >= 0.6 is 0 Å². The van der Waals surface area contributed by atoms with Gasteiger partial charge >= 0.3 is 0 Å². The van der Waals surface area contributed by atoms with Gasteiger partial charge in [0.05, 0.1) is 18.3 Å². The molecule has 1 aliphatic carbocycles. The van der Waals surface area contributed by atoms with E-state index < -0.39 is 0 Å². The van der Waals surface area contributed by atoms with E-state index in [0.29, 0.717) is 31.5 Å². The van der Waals surface area contributed by atoms with Gasteiger partial charge in [0.25, 0.3) is 0 Å². The van der Waals surface area contributed by atoms with Crippen LogP contribution < -0.4 is 4.74 Å². The van der Waals surface area contributed by atoms with Crippen LogP contribution in [0.25, 0.3) is 0 Å². The Bertz CT molecular complexity index is 1110. The fourth-order valence-electron chi connectivity index (χ4n) is 6.26. The molecular formula is C29H39N3O3. The first-order valence-electron chi connectivity index (χ1n) is 13.3. The summed E-state index contributed by atoms with van der Waals surface area (Å²) in [5, 5.41) is 4.92. The lowest BCUT2D eigenvalue weighted by atomic mass is 9.83. The quantitative estimate of drug-likeness (QED) is 0.532. The van der Waals surface area contributed by atoms with E-state index in [1.54, 1.807) is 0 Å². The minimum atomic E-state index is -0.0598. The minimum Gasteiger partial charge on any atom is -0.494 e. The lowest BCUT2D eigenvalue weighted by Gasteiger charge is -2.33. The molecule has 2 atom stereocenters. The molecule has 0 spiro atoms. The standard InChI is InChI=1S/C29H39N3O3/c1-5-35-26-11-7-9-23(20(26)3)29-25(22-13-16-34-17-14-22)12-15-31(29)27(33)18-32-21(4)24-10-6-8-19(2)28(24)30-32/h7,9,11-12,19,22,29H,5-6,8,10,13-18H2,1-4H3/t19-,29+/m0/s1. The zero-order chi connectivity index (χ0) is 24.5. The van der Waals surface area contributed by atoms with Gasteiger partial charge in [0.15, 0.2) is 0 Å². The Labute approximate surface area is 209 Å². The van der Waals surface area contributed by atoms with E-state index in [0.717, 1.165) is 49.5 Å². The number of aromatic nitrogens is 2. The van der Waals surface area contributed by atoms with Crippen LogP contribution in [0.4, 0.5) is 0 Å². The lowest BCUT2D eigenvalue weighted by Crippen LogP contribution is -2.36. The number of hydrogen-bond donors (Lipinski definition) is 0. The highest BCUT2D eigenvalue weighted by molar-refractivity contribution is 5.78. The number of nitrogens with zero attached hydrogens (tertiary/aromatic N) is 3. The zero-order valence-corrected chi connectivity index (χ0v) is 21.7. The normalized spacial score (nSPS) is 22.7. The van der Waals surface area contributed by atoms with E-state index in [2.05, 4.69) is 43.9 Å². The van der Waals surface area contributed by atoms with Crippen LogP contribution in [0.1, 0.15) is 79.6 Å². The molecular weight excluding hydrogens is 438 g/mol. The Hall–Kier alpha value is -2.60. The van der Waals surface area contributed by atoms with Crippen LogP contribution in [0.2, 0.25) is 0 Å². The molecule has 0 N–H and O–H groups in total. The molecule has 1 amide bonds. The van der Waals surface area contributed by atoms with E-state index in [1.807, 2.05) is 17.7 Å². The third kappa shape index (κ3) is 4.53. The molecule has 0 radical (unpaired) electrons. The fraction of sp³-hybridized carbons (Fsp3) is 0.586. The number of fused-ring (bicyclic) bond motifs is 1. The number of amides is 1. The van der Waals surface area contributed by atoms with Crippen molar-refractivity contribution in [1.82, 2.24) is 14.7 Å². The Morgan fingerprint density at radius 2 is 2.00 bits per heavy atom. The third-order valence-corrected chi connectivity index (χ3v) is 8.26. The molecule has 0 bridgehead atoms. The van der Waals surface area contributed by atoms with Gasteiger partial charge < -0.3 is 14.4 Å². The Morgan fingerprint density at radius 1 is 1.20 bits per heavy atom. The largest absolute Gasteiger partial charge is 0.494 e. The van der Waals surface area contributed by atoms with Crippen LogP contribution in [0.3, 0.4) is 0 Å². The Kier molecular flexibility index (Phi) is 7.01. The molecule has 1 fully saturated rings. The molecule has 3 heterocycles. The van der Waals surface area contributed by atoms with E-state index in [1.165, 1.54) is 35.2 Å². The molecule has 35 heavy (non-hydrogen) atoms. The summed E-state index contributed by atoms with van der Waals surface area (Å²) in [4.78, 5) is 15.9. The number of carbonyl (C=O) groups is 1. The van der Waals surface area contributed by atoms with Gasteiger partial charge in [-0.05, 0) is 87.1 Å². The highest BCUT2D eigenvalue weighted by Gasteiger charge is 2.38. The second-order valence-electron chi connectivity index (χ2n) is 10.3. The molecule has 1 aromatic heterocycles. The highest BCUT2D eigenvalue weighted by atomic mass is 16.5. The van der Waals surface area contributed by atoms with Crippen molar-refractivity contribution in [2.45, 2.75) is 78.3 Å². The monoisotopic (exact) mass is 477 g/mol. The van der Waals surface area contributed by atoms with Crippen molar-refractivity contribution >= 4 is 5.91 Å². The third-order valence-electron chi connectivity index (χ3n) is 8.26.